The molecule has 1 amide bonds. The summed E-state index contributed by atoms with van der Waals surface area (Å²) >= 11 is 0. The molecule has 3 heterocycles. The molecule has 3 aliphatic heterocycles. The Balaban J connectivity index is 1.62. The summed E-state index contributed by atoms with van der Waals surface area (Å²) in [6, 6.07) is 6.36. The molecule has 1 aromatic rings. The van der Waals surface area contributed by atoms with Crippen LogP contribution in [0.25, 0.3) is 0 Å². The van der Waals surface area contributed by atoms with E-state index in [9.17, 15) is 4.79 Å². The summed E-state index contributed by atoms with van der Waals surface area (Å²) in [7, 11) is 0. The van der Waals surface area contributed by atoms with Crippen LogP contribution < -0.4 is 15.1 Å². The van der Waals surface area contributed by atoms with Crippen LogP contribution in [0.4, 0.5) is 17.1 Å². The number of rotatable bonds is 4. The number of amides is 1. The van der Waals surface area contributed by atoms with Gasteiger partial charge in [-0.25, -0.2) is 0 Å². The summed E-state index contributed by atoms with van der Waals surface area (Å²) in [4.78, 5) is 17.5. The van der Waals surface area contributed by atoms with Gasteiger partial charge in [0, 0.05) is 26.2 Å². The maximum atomic E-state index is 12.7. The summed E-state index contributed by atoms with van der Waals surface area (Å²) in [5.74, 6) is -0.105. The molecule has 1 N–H and O–H groups in total. The molecule has 1 aromatic carbocycles. The molecule has 0 aliphatic carbocycles. The molecule has 136 valence electrons. The van der Waals surface area contributed by atoms with Crippen molar-refractivity contribution in [3.8, 4) is 0 Å². The molecule has 0 unspecified atom stereocenters. The number of nitrogens with zero attached hydrogens (tertiary/aromatic N) is 2. The molecule has 1 atom stereocenters. The molecule has 25 heavy (non-hydrogen) atoms. The van der Waals surface area contributed by atoms with Gasteiger partial charge in [0.05, 0.1) is 36.9 Å². The predicted molar refractivity (Wildman–Crippen MR) is 98.5 cm³/mol. The van der Waals surface area contributed by atoms with E-state index in [0.717, 1.165) is 43.2 Å². The highest BCUT2D eigenvalue weighted by molar-refractivity contribution is 6.01. The van der Waals surface area contributed by atoms with Crippen LogP contribution in [0.2, 0.25) is 0 Å². The van der Waals surface area contributed by atoms with E-state index in [4.69, 9.17) is 9.47 Å². The Morgan fingerprint density at radius 2 is 1.56 bits per heavy atom. The van der Waals surface area contributed by atoms with Crippen molar-refractivity contribution in [3.05, 3.63) is 18.2 Å². The Morgan fingerprint density at radius 3 is 2.08 bits per heavy atom. The molecular weight excluding hydrogens is 318 g/mol. The van der Waals surface area contributed by atoms with Crippen molar-refractivity contribution in [2.75, 3.05) is 61.1 Å². The Kier molecular flexibility index (Phi) is 5.08. The first-order chi connectivity index (χ1) is 12.3. The van der Waals surface area contributed by atoms with Gasteiger partial charge in [0.25, 0.3) is 5.91 Å². The minimum absolute atomic E-state index is 0.105. The van der Waals surface area contributed by atoms with Crippen molar-refractivity contribution in [1.29, 1.82) is 0 Å². The summed E-state index contributed by atoms with van der Waals surface area (Å²) in [5.41, 5.74) is 3.20. The van der Waals surface area contributed by atoms with Crippen molar-refractivity contribution in [3.63, 3.8) is 0 Å². The lowest BCUT2D eigenvalue weighted by molar-refractivity contribution is -0.142. The second-order valence-corrected chi connectivity index (χ2v) is 6.98. The molecule has 6 nitrogen and oxygen atoms in total. The number of carbonyl (C=O) groups is 1. The van der Waals surface area contributed by atoms with E-state index in [2.05, 4.69) is 33.3 Å². The van der Waals surface area contributed by atoms with Crippen LogP contribution in [0.3, 0.4) is 0 Å². The van der Waals surface area contributed by atoms with Gasteiger partial charge in [-0.05, 0) is 37.8 Å². The zero-order valence-corrected chi connectivity index (χ0v) is 14.7. The predicted octanol–water partition coefficient (Wildman–Crippen LogP) is 2.24. The van der Waals surface area contributed by atoms with Gasteiger partial charge < -0.3 is 24.6 Å². The van der Waals surface area contributed by atoms with Crippen LogP contribution in [-0.2, 0) is 14.3 Å². The number of anilines is 3. The Bertz CT molecular complexity index is 570. The lowest BCUT2D eigenvalue weighted by Crippen LogP contribution is -2.39. The number of benzene rings is 1. The number of para-hydroxylation sites is 1. The largest absolute Gasteiger partial charge is 0.376 e. The Hall–Kier alpha value is -1.79. The monoisotopic (exact) mass is 345 g/mol. The van der Waals surface area contributed by atoms with Gasteiger partial charge in [0.2, 0.25) is 0 Å². The van der Waals surface area contributed by atoms with Crippen LogP contribution >= 0.6 is 0 Å². The molecule has 0 spiro atoms. The van der Waals surface area contributed by atoms with E-state index in [1.54, 1.807) is 0 Å². The zero-order chi connectivity index (χ0) is 17.1. The fraction of sp³-hybridized carbons (Fsp3) is 0.632. The number of ether oxygens (including phenoxy) is 2. The summed E-state index contributed by atoms with van der Waals surface area (Å²) in [6.45, 7) is 5.57. The molecule has 3 fully saturated rings. The number of hydrogen-bond donors (Lipinski definition) is 1. The maximum absolute atomic E-state index is 12.7. The van der Waals surface area contributed by atoms with E-state index >= 15 is 0 Å². The molecule has 0 bridgehead atoms. The molecular formula is C19H27N3O3. The highest BCUT2D eigenvalue weighted by Crippen LogP contribution is 2.38. The standard InChI is InChI=1S/C19H27N3O3/c23-19(17-14-24-12-13-25-17)20-18-15(21-8-1-2-9-21)6-5-7-16(18)22-10-3-4-11-22/h5-7,17H,1-4,8-14H2,(H,20,23)/t17-/m0/s1. The quantitative estimate of drug-likeness (QED) is 0.907. The van der Waals surface area contributed by atoms with Gasteiger partial charge >= 0.3 is 0 Å². The fourth-order valence-corrected chi connectivity index (χ4v) is 3.94. The van der Waals surface area contributed by atoms with E-state index < -0.39 is 6.10 Å². The third-order valence-corrected chi connectivity index (χ3v) is 5.27. The van der Waals surface area contributed by atoms with Crippen molar-refractivity contribution in [2.45, 2.75) is 31.8 Å². The van der Waals surface area contributed by atoms with Gasteiger partial charge in [-0.2, -0.15) is 0 Å². The average Bonchev–Trinajstić information content (AvgIpc) is 3.36. The third-order valence-electron chi connectivity index (χ3n) is 5.27. The highest BCUT2D eigenvalue weighted by Gasteiger charge is 2.27. The van der Waals surface area contributed by atoms with Crippen molar-refractivity contribution < 1.29 is 14.3 Å². The zero-order valence-electron chi connectivity index (χ0n) is 14.7. The normalized spacial score (nSPS) is 23.9. The summed E-state index contributed by atoms with van der Waals surface area (Å²) in [5, 5.41) is 3.18. The first-order valence-electron chi connectivity index (χ1n) is 9.46. The minimum Gasteiger partial charge on any atom is -0.376 e. The van der Waals surface area contributed by atoms with Crippen LogP contribution in [0.1, 0.15) is 25.7 Å². The second-order valence-electron chi connectivity index (χ2n) is 6.98. The van der Waals surface area contributed by atoms with Gasteiger partial charge in [-0.15, -0.1) is 0 Å². The van der Waals surface area contributed by atoms with Crippen LogP contribution in [0.15, 0.2) is 18.2 Å². The SMILES string of the molecule is O=C(Nc1c(N2CCCC2)cccc1N1CCCC1)[C@@H]1COCCO1. The summed E-state index contributed by atoms with van der Waals surface area (Å²) in [6.07, 6.45) is 4.32. The third kappa shape index (κ3) is 3.60. The van der Waals surface area contributed by atoms with Crippen LogP contribution in [-0.4, -0.2) is 58.0 Å². The molecule has 0 saturated carbocycles. The van der Waals surface area contributed by atoms with Gasteiger partial charge in [-0.3, -0.25) is 4.79 Å². The molecule has 4 rings (SSSR count). The van der Waals surface area contributed by atoms with Gasteiger partial charge in [0.15, 0.2) is 6.10 Å². The number of hydrogen-bond acceptors (Lipinski definition) is 5. The van der Waals surface area contributed by atoms with E-state index in [1.807, 2.05) is 0 Å². The van der Waals surface area contributed by atoms with E-state index in [-0.39, 0.29) is 5.91 Å². The Morgan fingerprint density at radius 1 is 0.960 bits per heavy atom. The first kappa shape index (κ1) is 16.7. The highest BCUT2D eigenvalue weighted by atomic mass is 16.6. The molecule has 0 radical (unpaired) electrons. The summed E-state index contributed by atoms with van der Waals surface area (Å²) < 4.78 is 11.0. The second kappa shape index (κ2) is 7.62. The molecule has 6 heteroatoms. The first-order valence-corrected chi connectivity index (χ1v) is 9.46. The molecule has 3 aliphatic rings. The van der Waals surface area contributed by atoms with Crippen molar-refractivity contribution in [2.24, 2.45) is 0 Å². The van der Waals surface area contributed by atoms with Crippen molar-refractivity contribution >= 4 is 23.0 Å². The van der Waals surface area contributed by atoms with Crippen LogP contribution in [0, 0.1) is 0 Å². The van der Waals surface area contributed by atoms with Crippen LogP contribution in [0.5, 0.6) is 0 Å². The molecule has 0 aromatic heterocycles. The smallest absolute Gasteiger partial charge is 0.256 e. The topological polar surface area (TPSA) is 54.0 Å². The molecule has 3 saturated heterocycles. The maximum Gasteiger partial charge on any atom is 0.256 e. The van der Waals surface area contributed by atoms with E-state index in [0.29, 0.717) is 19.8 Å². The van der Waals surface area contributed by atoms with E-state index in [1.165, 1.54) is 25.7 Å². The van der Waals surface area contributed by atoms with Gasteiger partial charge in [-0.1, -0.05) is 6.07 Å². The van der Waals surface area contributed by atoms with Crippen molar-refractivity contribution in [1.82, 2.24) is 0 Å². The fourth-order valence-electron chi connectivity index (χ4n) is 3.94. The minimum atomic E-state index is -0.521. The lowest BCUT2D eigenvalue weighted by atomic mass is 10.1. The number of carbonyl (C=O) groups excluding carboxylic acids is 1. The number of nitrogens with one attached hydrogen (secondary N) is 1. The average molecular weight is 345 g/mol. The van der Waals surface area contributed by atoms with Gasteiger partial charge in [0.1, 0.15) is 0 Å². The Labute approximate surface area is 149 Å². The lowest BCUT2D eigenvalue weighted by Gasteiger charge is -2.29.